The van der Waals surface area contributed by atoms with Gasteiger partial charge in [0.15, 0.2) is 0 Å². The van der Waals surface area contributed by atoms with E-state index < -0.39 is 0 Å². The largest absolute Gasteiger partial charge is 0.240 e. The van der Waals surface area contributed by atoms with Crippen molar-refractivity contribution in [3.05, 3.63) is 95.6 Å². The van der Waals surface area contributed by atoms with E-state index in [0.717, 1.165) is 55.1 Å². The lowest BCUT2D eigenvalue weighted by Crippen LogP contribution is -2.23. The van der Waals surface area contributed by atoms with Crippen LogP contribution in [-0.2, 0) is 35.2 Å². The third-order valence-electron chi connectivity index (χ3n) is 8.52. The minimum Gasteiger partial charge on any atom is -0.211 e. The van der Waals surface area contributed by atoms with E-state index in [9.17, 15) is 19.2 Å². The first kappa shape index (κ1) is 45.0. The molecule has 2 fully saturated rings. The molecule has 0 amide bonds. The monoisotopic (exact) mass is 718 g/mol. The minimum absolute atomic E-state index is 0.228. The first-order valence-electron chi connectivity index (χ1n) is 17.3. The third kappa shape index (κ3) is 21.7. The summed E-state index contributed by atoms with van der Waals surface area (Å²) in [5, 5.41) is 0. The Morgan fingerprint density at radius 3 is 1.11 bits per heavy atom. The van der Waals surface area contributed by atoms with Gasteiger partial charge in [-0.1, -0.05) is 60.2 Å². The predicted molar refractivity (Wildman–Crippen MR) is 203 cm³/mol. The van der Waals surface area contributed by atoms with Crippen molar-refractivity contribution in [1.29, 1.82) is 0 Å². The van der Waals surface area contributed by atoms with Gasteiger partial charge in [0.05, 0.1) is 23.5 Å². The molecule has 3 aromatic rings. The van der Waals surface area contributed by atoms with Crippen LogP contribution in [0.15, 0.2) is 109 Å². The SMILES string of the molecule is CN=C=O.CN=C=O.Cc1ccccc1.O=C=NC1CCC(CC2CCC(N=C=O)CC2)CC1.O=C=Nc1ccc(Cc2ccc(N=C=O)cc2)cc1. The Morgan fingerprint density at radius 1 is 0.491 bits per heavy atom. The van der Waals surface area contributed by atoms with Gasteiger partial charge < -0.3 is 0 Å². The number of benzene rings is 3. The Kier molecular flexibility index (Phi) is 25.2. The molecule has 0 unspecified atom stereocenters. The van der Waals surface area contributed by atoms with Crippen molar-refractivity contribution >= 4 is 47.9 Å². The lowest BCUT2D eigenvalue weighted by Gasteiger charge is -2.31. The highest BCUT2D eigenvalue weighted by molar-refractivity contribution is 5.51. The number of nitrogens with zero attached hydrogens (tertiary/aromatic N) is 6. The third-order valence-corrected chi connectivity index (χ3v) is 8.52. The molecule has 0 N–H and O–H groups in total. The van der Waals surface area contributed by atoms with Crippen molar-refractivity contribution in [3.63, 3.8) is 0 Å². The zero-order valence-corrected chi connectivity index (χ0v) is 30.5. The summed E-state index contributed by atoms with van der Waals surface area (Å²) in [5.74, 6) is 1.60. The average molecular weight is 719 g/mol. The minimum atomic E-state index is 0.228. The second-order valence-electron chi connectivity index (χ2n) is 12.2. The van der Waals surface area contributed by atoms with Crippen LogP contribution in [0, 0.1) is 18.8 Å². The molecular weight excluding hydrogens is 672 g/mol. The first-order valence-corrected chi connectivity index (χ1v) is 17.3. The second kappa shape index (κ2) is 29.6. The molecule has 53 heavy (non-hydrogen) atoms. The van der Waals surface area contributed by atoms with Crippen molar-refractivity contribution in [1.82, 2.24) is 0 Å². The smallest absolute Gasteiger partial charge is 0.211 e. The van der Waals surface area contributed by atoms with Crippen molar-refractivity contribution in [2.75, 3.05) is 14.1 Å². The molecule has 0 saturated heterocycles. The van der Waals surface area contributed by atoms with E-state index in [4.69, 9.17) is 9.59 Å². The van der Waals surface area contributed by atoms with Gasteiger partial charge in [0.1, 0.15) is 0 Å². The molecule has 12 nitrogen and oxygen atoms in total. The van der Waals surface area contributed by atoms with Crippen LogP contribution in [0.1, 0.15) is 74.5 Å². The molecule has 0 bridgehead atoms. The molecule has 3 aromatic carbocycles. The van der Waals surface area contributed by atoms with E-state index in [1.165, 1.54) is 76.1 Å². The van der Waals surface area contributed by atoms with E-state index >= 15 is 0 Å². The number of carbonyl (C=O) groups excluding carboxylic acids is 6. The Hall–Kier alpha value is -6.06. The summed E-state index contributed by atoms with van der Waals surface area (Å²) in [5.41, 5.74) is 4.72. The van der Waals surface area contributed by atoms with Crippen LogP contribution in [0.2, 0.25) is 0 Å². The summed E-state index contributed by atoms with van der Waals surface area (Å²) < 4.78 is 0. The number of aliphatic imine (C=N–C) groups is 6. The zero-order chi connectivity index (χ0) is 38.9. The van der Waals surface area contributed by atoms with Crippen LogP contribution in [0.3, 0.4) is 0 Å². The standard InChI is InChI=1S/C15H22N2O2.C15H10N2O2.C7H8.2C2H3NO/c2*18-10-16-14-5-1-12(2-6-14)9-13-3-7-15(8-4-13)17-11-19;1-7-5-3-2-4-6-7;2*1-3-2-4/h12-15H,1-9H2;1-8H,9H2;2-6H,1H3;2*1H3. The molecule has 0 spiro atoms. The molecular formula is C41H46N6O6. The topological polar surface area (TPSA) is 177 Å². The number of hydrogen-bond acceptors (Lipinski definition) is 12. The summed E-state index contributed by atoms with van der Waals surface area (Å²) in [6.45, 7) is 2.08. The van der Waals surface area contributed by atoms with Gasteiger partial charge in [0, 0.05) is 14.1 Å². The van der Waals surface area contributed by atoms with Gasteiger partial charge in [0.2, 0.25) is 36.5 Å². The quantitative estimate of drug-likeness (QED) is 0.167. The molecule has 276 valence electrons. The number of rotatable bonds is 8. The van der Waals surface area contributed by atoms with Gasteiger partial charge in [-0.3, -0.25) is 0 Å². The van der Waals surface area contributed by atoms with Crippen molar-refractivity contribution < 1.29 is 28.8 Å². The van der Waals surface area contributed by atoms with Gasteiger partial charge >= 0.3 is 0 Å². The lowest BCUT2D eigenvalue weighted by atomic mass is 9.76. The molecule has 2 aliphatic carbocycles. The molecule has 0 aliphatic heterocycles. The van der Waals surface area contributed by atoms with Gasteiger partial charge in [-0.05, 0) is 118 Å². The van der Waals surface area contributed by atoms with Crippen LogP contribution in [0.5, 0.6) is 0 Å². The van der Waals surface area contributed by atoms with Crippen molar-refractivity contribution in [2.24, 2.45) is 41.8 Å². The van der Waals surface area contributed by atoms with E-state index in [1.807, 2.05) is 42.5 Å². The fraction of sp³-hybridized carbons (Fsp3) is 0.415. The van der Waals surface area contributed by atoms with E-state index in [-0.39, 0.29) is 12.1 Å². The van der Waals surface area contributed by atoms with Crippen LogP contribution >= 0.6 is 0 Å². The van der Waals surface area contributed by atoms with Gasteiger partial charge in [0.25, 0.3) is 0 Å². The van der Waals surface area contributed by atoms with E-state index in [1.54, 1.807) is 36.4 Å². The van der Waals surface area contributed by atoms with Crippen molar-refractivity contribution in [3.8, 4) is 0 Å². The maximum absolute atomic E-state index is 10.2. The summed E-state index contributed by atoms with van der Waals surface area (Å²) >= 11 is 0. The molecule has 0 radical (unpaired) electrons. The maximum atomic E-state index is 10.2. The summed E-state index contributed by atoms with van der Waals surface area (Å²) in [4.78, 5) is 79.0. The van der Waals surface area contributed by atoms with Gasteiger partial charge in [-0.25, -0.2) is 48.7 Å². The van der Waals surface area contributed by atoms with Gasteiger partial charge in [-0.15, -0.1) is 0 Å². The molecule has 2 aliphatic rings. The number of isocyanates is 6. The Labute approximate surface area is 310 Å². The fourth-order valence-electron chi connectivity index (χ4n) is 5.89. The molecule has 12 heteroatoms. The summed E-state index contributed by atoms with van der Waals surface area (Å²) in [6, 6.07) is 25.4. The van der Waals surface area contributed by atoms with Crippen LogP contribution in [0.4, 0.5) is 11.4 Å². The van der Waals surface area contributed by atoms with E-state index in [0.29, 0.717) is 11.4 Å². The highest BCUT2D eigenvalue weighted by Crippen LogP contribution is 2.36. The van der Waals surface area contributed by atoms with Crippen LogP contribution in [-0.4, -0.2) is 62.7 Å². The van der Waals surface area contributed by atoms with Crippen LogP contribution < -0.4 is 0 Å². The highest BCUT2D eigenvalue weighted by Gasteiger charge is 2.26. The molecule has 5 rings (SSSR count). The Morgan fingerprint density at radius 2 is 0.849 bits per heavy atom. The molecule has 0 heterocycles. The number of hydrogen-bond donors (Lipinski definition) is 0. The summed E-state index contributed by atoms with van der Waals surface area (Å²) in [6.07, 6.45) is 20.0. The Bertz CT molecular complexity index is 1630. The zero-order valence-electron chi connectivity index (χ0n) is 30.5. The second-order valence-corrected chi connectivity index (χ2v) is 12.2. The first-order chi connectivity index (χ1) is 25.8. The molecule has 0 atom stereocenters. The molecule has 0 aromatic heterocycles. The average Bonchev–Trinajstić information content (AvgIpc) is 3.19. The predicted octanol–water partition coefficient (Wildman–Crippen LogP) is 8.28. The van der Waals surface area contributed by atoms with Crippen molar-refractivity contribution in [2.45, 2.75) is 83.2 Å². The fourth-order valence-corrected chi connectivity index (χ4v) is 5.89. The normalized spacial score (nSPS) is 17.6. The molecule has 2 saturated carbocycles. The highest BCUT2D eigenvalue weighted by atomic mass is 16.1. The summed E-state index contributed by atoms with van der Waals surface area (Å²) in [7, 11) is 2.76. The number of aryl methyl sites for hydroxylation is 1. The van der Waals surface area contributed by atoms with Crippen LogP contribution in [0.25, 0.3) is 0 Å². The Balaban J connectivity index is 0.000000385. The lowest BCUT2D eigenvalue weighted by molar-refractivity contribution is 0.226. The maximum Gasteiger partial charge on any atom is 0.240 e. The van der Waals surface area contributed by atoms with E-state index in [2.05, 4.69) is 49.0 Å². The van der Waals surface area contributed by atoms with Gasteiger partial charge in [-0.2, -0.15) is 9.98 Å².